The van der Waals surface area contributed by atoms with Crippen LogP contribution in [0, 0.1) is 17.1 Å². The van der Waals surface area contributed by atoms with Crippen molar-refractivity contribution in [2.24, 2.45) is 0 Å². The molecule has 1 unspecified atom stereocenters. The van der Waals surface area contributed by atoms with Crippen molar-refractivity contribution in [2.75, 3.05) is 5.32 Å². The molecule has 1 aromatic carbocycles. The number of carbonyl (C=O) groups excluding carboxylic acids is 1. The highest BCUT2D eigenvalue weighted by Gasteiger charge is 2.17. The first-order chi connectivity index (χ1) is 10.5. The molecule has 1 amide bonds. The van der Waals surface area contributed by atoms with Crippen LogP contribution in [0.1, 0.15) is 12.5 Å². The molecule has 0 bridgehead atoms. The Labute approximate surface area is 136 Å². The van der Waals surface area contributed by atoms with Crippen LogP contribution >= 0.6 is 23.4 Å². The first-order valence-corrected chi connectivity index (χ1v) is 7.54. The van der Waals surface area contributed by atoms with E-state index >= 15 is 0 Å². The number of nitriles is 1. The Balaban J connectivity index is 2.06. The summed E-state index contributed by atoms with van der Waals surface area (Å²) >= 11 is 6.96. The number of rotatable bonds is 4. The van der Waals surface area contributed by atoms with Gasteiger partial charge in [-0.2, -0.15) is 5.26 Å². The van der Waals surface area contributed by atoms with E-state index in [1.54, 1.807) is 19.1 Å². The van der Waals surface area contributed by atoms with Crippen molar-refractivity contribution in [1.29, 1.82) is 5.26 Å². The molecule has 4 nitrogen and oxygen atoms in total. The molecule has 2 rings (SSSR count). The van der Waals surface area contributed by atoms with Gasteiger partial charge in [-0.05, 0) is 37.3 Å². The molecule has 1 atom stereocenters. The number of hydrogen-bond acceptors (Lipinski definition) is 4. The molecule has 2 aromatic rings. The Bertz CT molecular complexity index is 748. The number of hydrogen-bond donors (Lipinski definition) is 1. The van der Waals surface area contributed by atoms with Crippen LogP contribution in [0.2, 0.25) is 5.02 Å². The first kappa shape index (κ1) is 16.3. The van der Waals surface area contributed by atoms with Gasteiger partial charge < -0.3 is 5.32 Å². The lowest BCUT2D eigenvalue weighted by atomic mass is 10.3. The number of amides is 1. The zero-order valence-corrected chi connectivity index (χ0v) is 13.1. The molecule has 1 N–H and O–H groups in total. The molecule has 1 heterocycles. The van der Waals surface area contributed by atoms with Crippen molar-refractivity contribution in [1.82, 2.24) is 4.98 Å². The molecular formula is C15H11ClFN3OS. The number of carbonyl (C=O) groups is 1. The Kier molecular flexibility index (Phi) is 5.36. The van der Waals surface area contributed by atoms with Gasteiger partial charge >= 0.3 is 0 Å². The zero-order valence-electron chi connectivity index (χ0n) is 11.5. The average Bonchev–Trinajstić information content (AvgIpc) is 2.51. The van der Waals surface area contributed by atoms with Gasteiger partial charge in [0.2, 0.25) is 5.91 Å². The van der Waals surface area contributed by atoms with E-state index in [1.807, 2.05) is 6.07 Å². The second-order valence-electron chi connectivity index (χ2n) is 4.37. The zero-order chi connectivity index (χ0) is 16.1. The first-order valence-electron chi connectivity index (χ1n) is 6.28. The van der Waals surface area contributed by atoms with Gasteiger partial charge in [-0.1, -0.05) is 23.4 Å². The normalized spacial score (nSPS) is 11.5. The SMILES string of the molecule is CC(Sc1cc(C#N)ccn1)C(=O)Nc1cc(Cl)ccc1F. The van der Waals surface area contributed by atoms with Crippen molar-refractivity contribution < 1.29 is 9.18 Å². The van der Waals surface area contributed by atoms with E-state index in [-0.39, 0.29) is 11.6 Å². The van der Waals surface area contributed by atoms with Gasteiger partial charge in [-0.3, -0.25) is 4.79 Å². The van der Waals surface area contributed by atoms with E-state index in [4.69, 9.17) is 16.9 Å². The maximum absolute atomic E-state index is 13.6. The summed E-state index contributed by atoms with van der Waals surface area (Å²) in [6.45, 7) is 1.67. The van der Waals surface area contributed by atoms with Crippen LogP contribution in [0.4, 0.5) is 10.1 Å². The van der Waals surface area contributed by atoms with E-state index in [1.165, 1.54) is 36.2 Å². The fraction of sp³-hybridized carbons (Fsp3) is 0.133. The smallest absolute Gasteiger partial charge is 0.237 e. The minimum atomic E-state index is -0.556. The summed E-state index contributed by atoms with van der Waals surface area (Å²) in [5.41, 5.74) is 0.495. The van der Waals surface area contributed by atoms with Gasteiger partial charge in [-0.25, -0.2) is 9.37 Å². The lowest BCUT2D eigenvalue weighted by molar-refractivity contribution is -0.115. The lowest BCUT2D eigenvalue weighted by Crippen LogP contribution is -2.23. The second-order valence-corrected chi connectivity index (χ2v) is 6.17. The number of anilines is 1. The summed E-state index contributed by atoms with van der Waals surface area (Å²) in [4.78, 5) is 16.2. The van der Waals surface area contributed by atoms with Crippen LogP contribution in [0.15, 0.2) is 41.6 Å². The van der Waals surface area contributed by atoms with E-state index < -0.39 is 11.1 Å². The largest absolute Gasteiger partial charge is 0.323 e. The van der Waals surface area contributed by atoms with Crippen LogP contribution < -0.4 is 5.32 Å². The molecule has 112 valence electrons. The Morgan fingerprint density at radius 3 is 2.95 bits per heavy atom. The van der Waals surface area contributed by atoms with Crippen molar-refractivity contribution in [3.63, 3.8) is 0 Å². The summed E-state index contributed by atoms with van der Waals surface area (Å²) in [7, 11) is 0. The number of halogens is 2. The molecular weight excluding hydrogens is 325 g/mol. The summed E-state index contributed by atoms with van der Waals surface area (Å²) in [5.74, 6) is -0.935. The Morgan fingerprint density at radius 1 is 1.45 bits per heavy atom. The van der Waals surface area contributed by atoms with E-state index in [9.17, 15) is 9.18 Å². The molecule has 0 aliphatic carbocycles. The van der Waals surface area contributed by atoms with Crippen LogP contribution in [0.5, 0.6) is 0 Å². The lowest BCUT2D eigenvalue weighted by Gasteiger charge is -2.12. The van der Waals surface area contributed by atoms with Crippen LogP contribution in [-0.4, -0.2) is 16.1 Å². The number of thioether (sulfide) groups is 1. The van der Waals surface area contributed by atoms with Crippen LogP contribution in [-0.2, 0) is 4.79 Å². The van der Waals surface area contributed by atoms with Crippen LogP contribution in [0.25, 0.3) is 0 Å². The Hall–Kier alpha value is -2.10. The minimum absolute atomic E-state index is 0.0312. The standard InChI is InChI=1S/C15H11ClFN3OS/c1-9(22-14-6-10(8-18)4-5-19-14)15(21)20-13-7-11(16)2-3-12(13)17/h2-7,9H,1H3,(H,20,21). The van der Waals surface area contributed by atoms with E-state index in [0.29, 0.717) is 15.6 Å². The van der Waals surface area contributed by atoms with Crippen molar-refractivity contribution in [3.05, 3.63) is 52.9 Å². The monoisotopic (exact) mass is 335 g/mol. The Morgan fingerprint density at radius 2 is 2.23 bits per heavy atom. The van der Waals surface area contributed by atoms with Gasteiger partial charge in [0.15, 0.2) is 0 Å². The quantitative estimate of drug-likeness (QED) is 0.861. The molecule has 0 radical (unpaired) electrons. The third-order valence-electron chi connectivity index (χ3n) is 2.72. The number of aromatic nitrogens is 1. The van der Waals surface area contributed by atoms with Crippen molar-refractivity contribution >= 4 is 35.0 Å². The second kappa shape index (κ2) is 7.25. The molecule has 22 heavy (non-hydrogen) atoms. The molecule has 0 fully saturated rings. The summed E-state index contributed by atoms with van der Waals surface area (Å²) in [6, 6.07) is 9.12. The maximum atomic E-state index is 13.6. The number of nitrogens with one attached hydrogen (secondary N) is 1. The molecule has 1 aromatic heterocycles. The third-order valence-corrected chi connectivity index (χ3v) is 3.98. The number of benzene rings is 1. The fourth-order valence-electron chi connectivity index (χ4n) is 1.61. The number of nitrogens with zero attached hydrogens (tertiary/aromatic N) is 2. The highest BCUT2D eigenvalue weighted by atomic mass is 35.5. The van der Waals surface area contributed by atoms with Gasteiger partial charge in [0.25, 0.3) is 0 Å². The van der Waals surface area contributed by atoms with Crippen molar-refractivity contribution in [2.45, 2.75) is 17.2 Å². The predicted octanol–water partition coefficient (Wildman–Crippen LogP) is 3.87. The average molecular weight is 336 g/mol. The molecule has 0 aliphatic heterocycles. The van der Waals surface area contributed by atoms with Gasteiger partial charge in [0.1, 0.15) is 5.82 Å². The van der Waals surface area contributed by atoms with Crippen LogP contribution in [0.3, 0.4) is 0 Å². The van der Waals surface area contributed by atoms with Gasteiger partial charge in [0, 0.05) is 11.2 Å². The third kappa shape index (κ3) is 4.20. The molecule has 0 spiro atoms. The van der Waals surface area contributed by atoms with Gasteiger partial charge in [0.05, 0.1) is 27.6 Å². The minimum Gasteiger partial charge on any atom is -0.323 e. The topological polar surface area (TPSA) is 65.8 Å². The van der Waals surface area contributed by atoms with Crippen molar-refractivity contribution in [3.8, 4) is 6.07 Å². The number of pyridine rings is 1. The summed E-state index contributed by atoms with van der Waals surface area (Å²) in [6.07, 6.45) is 1.50. The fourth-order valence-corrected chi connectivity index (χ4v) is 2.62. The molecule has 7 heteroatoms. The maximum Gasteiger partial charge on any atom is 0.237 e. The molecule has 0 saturated carbocycles. The highest BCUT2D eigenvalue weighted by Crippen LogP contribution is 2.24. The van der Waals surface area contributed by atoms with Gasteiger partial charge in [-0.15, -0.1) is 0 Å². The summed E-state index contributed by atoms with van der Waals surface area (Å²) in [5, 5.41) is 11.7. The van der Waals surface area contributed by atoms with E-state index in [2.05, 4.69) is 10.3 Å². The predicted molar refractivity (Wildman–Crippen MR) is 84.3 cm³/mol. The summed E-state index contributed by atoms with van der Waals surface area (Å²) < 4.78 is 13.6. The molecule has 0 saturated heterocycles. The van der Waals surface area contributed by atoms with E-state index in [0.717, 1.165) is 0 Å². The highest BCUT2D eigenvalue weighted by molar-refractivity contribution is 8.00. The molecule has 0 aliphatic rings.